The lowest BCUT2D eigenvalue weighted by Gasteiger charge is -2.33. The molecule has 13 heteroatoms. The van der Waals surface area contributed by atoms with Gasteiger partial charge in [-0.1, -0.05) is 48.5 Å². The molecule has 0 saturated heterocycles. The Labute approximate surface area is 266 Å². The van der Waals surface area contributed by atoms with E-state index in [0.29, 0.717) is 11.3 Å². The Morgan fingerprint density at radius 1 is 0.957 bits per heavy atom. The van der Waals surface area contributed by atoms with Gasteiger partial charge >= 0.3 is 0 Å². The number of anilines is 1. The predicted octanol–water partition coefficient (Wildman–Crippen LogP) is 4.63. The minimum Gasteiger partial charge on any atom is -0.497 e. The summed E-state index contributed by atoms with van der Waals surface area (Å²) in [5.74, 6) is -1.29. The number of nitrogens with one attached hydrogen (secondary N) is 1. The molecule has 0 heterocycles. The first-order chi connectivity index (χ1) is 21.9. The Kier molecular flexibility index (Phi) is 10.7. The molecule has 4 aromatic carbocycles. The molecule has 2 amide bonds. The number of sulfonamides is 1. The van der Waals surface area contributed by atoms with Gasteiger partial charge in [-0.15, -0.1) is 0 Å². The molecule has 46 heavy (non-hydrogen) atoms. The summed E-state index contributed by atoms with van der Waals surface area (Å²) in [5, 5.41) is 14.2. The van der Waals surface area contributed by atoms with Crippen molar-refractivity contribution in [3.05, 3.63) is 130 Å². The van der Waals surface area contributed by atoms with Crippen LogP contribution < -0.4 is 14.4 Å². The molecule has 0 unspecified atom stereocenters. The minimum atomic E-state index is -4.57. The van der Waals surface area contributed by atoms with Crippen LogP contribution >= 0.6 is 0 Å². The van der Waals surface area contributed by atoms with E-state index in [9.17, 15) is 32.5 Å². The number of carbonyl (C=O) groups is 2. The summed E-state index contributed by atoms with van der Waals surface area (Å²) >= 11 is 0. The van der Waals surface area contributed by atoms with Crippen LogP contribution in [0, 0.1) is 22.9 Å². The number of amides is 2. The molecule has 0 fully saturated rings. The van der Waals surface area contributed by atoms with Gasteiger partial charge in [0, 0.05) is 31.6 Å². The number of methoxy groups -OCH3 is 1. The van der Waals surface area contributed by atoms with Gasteiger partial charge < -0.3 is 15.0 Å². The Bertz CT molecular complexity index is 1800. The molecule has 11 nitrogen and oxygen atoms in total. The van der Waals surface area contributed by atoms with Crippen molar-refractivity contribution in [2.45, 2.75) is 30.8 Å². The number of hydrogen-bond donors (Lipinski definition) is 1. The fourth-order valence-corrected chi connectivity index (χ4v) is 6.29. The second kappa shape index (κ2) is 14.7. The Hall–Kier alpha value is -5.30. The first kappa shape index (κ1) is 33.6. The molecule has 0 aromatic heterocycles. The van der Waals surface area contributed by atoms with Gasteiger partial charge in [-0.2, -0.15) is 0 Å². The highest BCUT2D eigenvalue weighted by Gasteiger charge is 2.35. The Morgan fingerprint density at radius 2 is 1.61 bits per heavy atom. The number of halogens is 1. The summed E-state index contributed by atoms with van der Waals surface area (Å²) in [6, 6.07) is 22.7. The van der Waals surface area contributed by atoms with Crippen LogP contribution in [0.5, 0.6) is 5.75 Å². The van der Waals surface area contributed by atoms with E-state index in [-0.39, 0.29) is 24.2 Å². The fourth-order valence-electron chi connectivity index (χ4n) is 4.86. The summed E-state index contributed by atoms with van der Waals surface area (Å²) in [6.07, 6.45) is 0.104. The van der Waals surface area contributed by atoms with Gasteiger partial charge in [0.25, 0.3) is 15.7 Å². The summed E-state index contributed by atoms with van der Waals surface area (Å²) in [5.41, 5.74) is 1.20. The normalized spacial score (nSPS) is 11.7. The molecule has 0 aliphatic rings. The van der Waals surface area contributed by atoms with Crippen LogP contribution in [0.2, 0.25) is 0 Å². The molecule has 0 radical (unpaired) electrons. The smallest absolute Gasteiger partial charge is 0.273 e. The van der Waals surface area contributed by atoms with Gasteiger partial charge in [-0.25, -0.2) is 12.8 Å². The number of carbonyl (C=O) groups excluding carboxylic acids is 2. The minimum absolute atomic E-state index is 0.0821. The van der Waals surface area contributed by atoms with Gasteiger partial charge in [0.2, 0.25) is 11.8 Å². The van der Waals surface area contributed by atoms with E-state index in [1.807, 2.05) is 6.07 Å². The van der Waals surface area contributed by atoms with E-state index in [2.05, 4.69) is 5.32 Å². The second-order valence-electron chi connectivity index (χ2n) is 10.4. The average Bonchev–Trinajstić information content (AvgIpc) is 3.06. The van der Waals surface area contributed by atoms with Crippen LogP contribution in [0.15, 0.2) is 102 Å². The highest BCUT2D eigenvalue weighted by molar-refractivity contribution is 7.92. The van der Waals surface area contributed by atoms with Crippen LogP contribution in [0.1, 0.15) is 16.7 Å². The molecule has 0 saturated carbocycles. The number of likely N-dealkylation sites (N-methyl/N-ethyl adjacent to an activating group) is 1. The van der Waals surface area contributed by atoms with Crippen molar-refractivity contribution in [2.24, 2.45) is 0 Å². The molecule has 0 aliphatic heterocycles. The average molecular weight is 649 g/mol. The summed E-state index contributed by atoms with van der Waals surface area (Å²) in [4.78, 5) is 39.4. The number of ether oxygens (including phenoxy) is 1. The standard InChI is InChI=1S/C33H33FN4O7S/c1-23-9-18-29(20-30(23)38(41)42)46(43,44)37(27-14-16-28(45-3)17-15-27)22-32(39)36(21-25-10-12-26(34)13-11-25)31(33(40)35-2)19-24-7-5-4-6-8-24/h4-18,20,31H,19,21-22H2,1-3H3,(H,35,40)/t31-/m0/s1. The SMILES string of the molecule is CNC(=O)[C@H](Cc1ccccc1)N(Cc1ccc(F)cc1)C(=O)CN(c1ccc(OC)cc1)S(=O)(=O)c1ccc(C)c([N+](=O)[O-])c1. The summed E-state index contributed by atoms with van der Waals surface area (Å²) in [7, 11) is -1.70. The van der Waals surface area contributed by atoms with Crippen molar-refractivity contribution in [3.63, 3.8) is 0 Å². The monoisotopic (exact) mass is 648 g/mol. The van der Waals surface area contributed by atoms with E-state index >= 15 is 0 Å². The van der Waals surface area contributed by atoms with Gasteiger partial charge in [-0.05, 0) is 60.5 Å². The molecule has 0 aliphatic carbocycles. The highest BCUT2D eigenvalue weighted by atomic mass is 32.2. The Balaban J connectivity index is 1.82. The van der Waals surface area contributed by atoms with Gasteiger partial charge in [0.05, 0.1) is 22.6 Å². The third-order valence-electron chi connectivity index (χ3n) is 7.39. The lowest BCUT2D eigenvalue weighted by molar-refractivity contribution is -0.385. The highest BCUT2D eigenvalue weighted by Crippen LogP contribution is 2.29. The van der Waals surface area contributed by atoms with Crippen LogP contribution in [0.3, 0.4) is 0 Å². The maximum atomic E-state index is 14.3. The number of nitrogens with zero attached hydrogens (tertiary/aromatic N) is 3. The number of nitro benzene ring substituents is 1. The predicted molar refractivity (Wildman–Crippen MR) is 170 cm³/mol. The second-order valence-corrected chi connectivity index (χ2v) is 12.2. The zero-order valence-electron chi connectivity index (χ0n) is 25.4. The number of nitro groups is 1. The van der Waals surface area contributed by atoms with Gasteiger partial charge in [0.1, 0.15) is 24.2 Å². The molecule has 4 aromatic rings. The lowest BCUT2D eigenvalue weighted by Crippen LogP contribution is -2.53. The number of hydrogen-bond acceptors (Lipinski definition) is 7. The van der Waals surface area contributed by atoms with Crippen molar-refractivity contribution in [1.29, 1.82) is 0 Å². The number of rotatable bonds is 13. The van der Waals surface area contributed by atoms with Crippen LogP contribution in [-0.2, 0) is 32.6 Å². The van der Waals surface area contributed by atoms with Crippen molar-refractivity contribution in [3.8, 4) is 5.75 Å². The van der Waals surface area contributed by atoms with Crippen molar-refractivity contribution >= 4 is 33.2 Å². The first-order valence-electron chi connectivity index (χ1n) is 14.2. The molecular weight excluding hydrogens is 615 g/mol. The largest absolute Gasteiger partial charge is 0.497 e. The van der Waals surface area contributed by atoms with Crippen molar-refractivity contribution in [1.82, 2.24) is 10.2 Å². The van der Waals surface area contributed by atoms with E-state index in [1.54, 1.807) is 24.3 Å². The van der Waals surface area contributed by atoms with Crippen LogP contribution in [0.4, 0.5) is 15.8 Å². The molecular formula is C33H33FN4O7S. The molecule has 1 N–H and O–H groups in total. The van der Waals surface area contributed by atoms with E-state index in [0.717, 1.165) is 15.9 Å². The maximum Gasteiger partial charge on any atom is 0.273 e. The molecule has 1 atom stereocenters. The molecule has 4 rings (SSSR count). The quantitative estimate of drug-likeness (QED) is 0.165. The zero-order chi connectivity index (χ0) is 33.4. The third-order valence-corrected chi connectivity index (χ3v) is 9.16. The lowest BCUT2D eigenvalue weighted by atomic mass is 10.0. The van der Waals surface area contributed by atoms with E-state index in [1.165, 1.54) is 86.6 Å². The first-order valence-corrected chi connectivity index (χ1v) is 15.6. The summed E-state index contributed by atoms with van der Waals surface area (Å²) < 4.78 is 48.1. The fraction of sp³-hybridized carbons (Fsp3) is 0.212. The van der Waals surface area contributed by atoms with Crippen molar-refractivity contribution in [2.75, 3.05) is 25.0 Å². The summed E-state index contributed by atoms with van der Waals surface area (Å²) in [6.45, 7) is 0.578. The topological polar surface area (TPSA) is 139 Å². The molecule has 240 valence electrons. The van der Waals surface area contributed by atoms with E-state index < -0.39 is 55.7 Å². The maximum absolute atomic E-state index is 14.3. The van der Waals surface area contributed by atoms with E-state index in [4.69, 9.17) is 4.74 Å². The Morgan fingerprint density at radius 3 is 2.20 bits per heavy atom. The van der Waals surface area contributed by atoms with Crippen LogP contribution in [-0.4, -0.2) is 56.8 Å². The number of benzene rings is 4. The molecule has 0 spiro atoms. The molecule has 0 bridgehead atoms. The van der Waals surface area contributed by atoms with Crippen LogP contribution in [0.25, 0.3) is 0 Å². The van der Waals surface area contributed by atoms with Gasteiger partial charge in [0.15, 0.2) is 0 Å². The third kappa shape index (κ3) is 7.85. The van der Waals surface area contributed by atoms with Gasteiger partial charge in [-0.3, -0.25) is 24.0 Å². The van der Waals surface area contributed by atoms with Crippen molar-refractivity contribution < 1.29 is 32.1 Å². The number of aryl methyl sites for hydroxylation is 1. The zero-order valence-corrected chi connectivity index (χ0v) is 26.2.